The Morgan fingerprint density at radius 1 is 1.16 bits per heavy atom. The monoisotopic (exact) mass is 258 g/mol. The van der Waals surface area contributed by atoms with Crippen molar-refractivity contribution in [2.45, 2.75) is 71.1 Å². The van der Waals surface area contributed by atoms with Gasteiger partial charge < -0.3 is 4.74 Å². The maximum absolute atomic E-state index is 5.89. The zero-order chi connectivity index (χ0) is 13.8. The standard InChI is InChI=1S/C18H26O/c1-6-19-15-11-14-16-13(12(15)2)7-8-18(16,5)10-9-17(14,3)4/h11H,6-10H2,1-5H3. The van der Waals surface area contributed by atoms with E-state index in [2.05, 4.69) is 40.7 Å². The fourth-order valence-electron chi connectivity index (χ4n) is 4.15. The Bertz CT molecular complexity index is 527. The van der Waals surface area contributed by atoms with Gasteiger partial charge in [0, 0.05) is 0 Å². The zero-order valence-corrected chi connectivity index (χ0v) is 13.0. The molecule has 0 heterocycles. The predicted molar refractivity (Wildman–Crippen MR) is 80.3 cm³/mol. The summed E-state index contributed by atoms with van der Waals surface area (Å²) in [6.07, 6.45) is 5.20. The Kier molecular flexibility index (Phi) is 2.75. The molecule has 0 spiro atoms. The third-order valence-electron chi connectivity index (χ3n) is 5.53. The summed E-state index contributed by atoms with van der Waals surface area (Å²) in [6, 6.07) is 2.35. The van der Waals surface area contributed by atoms with Gasteiger partial charge in [-0.2, -0.15) is 0 Å². The first-order valence-corrected chi connectivity index (χ1v) is 7.69. The van der Waals surface area contributed by atoms with Crippen molar-refractivity contribution in [3.63, 3.8) is 0 Å². The molecule has 0 saturated heterocycles. The van der Waals surface area contributed by atoms with Crippen LogP contribution in [-0.2, 0) is 17.3 Å². The lowest BCUT2D eigenvalue weighted by molar-refractivity contribution is 0.309. The Morgan fingerprint density at radius 2 is 1.89 bits per heavy atom. The van der Waals surface area contributed by atoms with E-state index in [1.54, 1.807) is 16.7 Å². The second-order valence-corrected chi connectivity index (χ2v) is 7.28. The first-order chi connectivity index (χ1) is 8.89. The van der Waals surface area contributed by atoms with E-state index in [1.807, 2.05) is 0 Å². The van der Waals surface area contributed by atoms with Crippen LogP contribution in [0.1, 0.15) is 69.2 Å². The molecule has 0 aliphatic heterocycles. The highest BCUT2D eigenvalue weighted by Crippen LogP contribution is 2.55. The molecule has 0 amide bonds. The highest BCUT2D eigenvalue weighted by atomic mass is 16.5. The normalized spacial score (nSPS) is 27.2. The van der Waals surface area contributed by atoms with Crippen LogP contribution >= 0.6 is 0 Å². The molecule has 0 N–H and O–H groups in total. The maximum Gasteiger partial charge on any atom is 0.122 e. The molecule has 0 fully saturated rings. The highest BCUT2D eigenvalue weighted by molar-refractivity contribution is 5.58. The Morgan fingerprint density at radius 3 is 2.58 bits per heavy atom. The van der Waals surface area contributed by atoms with E-state index in [0.717, 1.165) is 12.4 Å². The summed E-state index contributed by atoms with van der Waals surface area (Å²) >= 11 is 0. The number of hydrogen-bond acceptors (Lipinski definition) is 1. The minimum absolute atomic E-state index is 0.299. The van der Waals surface area contributed by atoms with Crippen molar-refractivity contribution >= 4 is 0 Å². The van der Waals surface area contributed by atoms with Crippen molar-refractivity contribution < 1.29 is 4.74 Å². The summed E-state index contributed by atoms with van der Waals surface area (Å²) in [6.45, 7) is 12.3. The van der Waals surface area contributed by atoms with E-state index >= 15 is 0 Å². The van der Waals surface area contributed by atoms with Gasteiger partial charge in [0.1, 0.15) is 5.75 Å². The summed E-state index contributed by atoms with van der Waals surface area (Å²) in [5, 5.41) is 0. The van der Waals surface area contributed by atoms with Crippen molar-refractivity contribution in [2.24, 2.45) is 0 Å². The minimum Gasteiger partial charge on any atom is -0.494 e. The van der Waals surface area contributed by atoms with Gasteiger partial charge in [-0.05, 0) is 78.7 Å². The van der Waals surface area contributed by atoms with Gasteiger partial charge in [-0.1, -0.05) is 20.8 Å². The van der Waals surface area contributed by atoms with Crippen LogP contribution in [0.25, 0.3) is 0 Å². The molecule has 1 heteroatoms. The Labute approximate surface area is 117 Å². The molecule has 0 bridgehead atoms. The number of ether oxygens (including phenoxy) is 1. The summed E-state index contributed by atoms with van der Waals surface area (Å²) < 4.78 is 5.89. The number of benzene rings is 1. The Hall–Kier alpha value is -0.980. The largest absolute Gasteiger partial charge is 0.494 e. The quantitative estimate of drug-likeness (QED) is 0.749. The van der Waals surface area contributed by atoms with Crippen molar-refractivity contribution in [1.82, 2.24) is 0 Å². The molecule has 1 unspecified atom stereocenters. The fraction of sp³-hybridized carbons (Fsp3) is 0.667. The van der Waals surface area contributed by atoms with E-state index in [0.29, 0.717) is 10.8 Å². The summed E-state index contributed by atoms with van der Waals surface area (Å²) in [5.74, 6) is 1.12. The van der Waals surface area contributed by atoms with Gasteiger partial charge in [0.05, 0.1) is 6.61 Å². The van der Waals surface area contributed by atoms with Crippen LogP contribution in [0, 0.1) is 6.92 Å². The van der Waals surface area contributed by atoms with Crippen LogP contribution < -0.4 is 4.74 Å². The fourth-order valence-corrected chi connectivity index (χ4v) is 4.15. The zero-order valence-electron chi connectivity index (χ0n) is 13.0. The molecule has 0 aromatic heterocycles. The molecule has 3 rings (SSSR count). The van der Waals surface area contributed by atoms with Gasteiger partial charge in [0.15, 0.2) is 0 Å². The first kappa shape index (κ1) is 13.0. The molecule has 1 aromatic carbocycles. The summed E-state index contributed by atoms with van der Waals surface area (Å²) in [7, 11) is 0. The van der Waals surface area contributed by atoms with E-state index in [4.69, 9.17) is 4.74 Å². The van der Waals surface area contributed by atoms with Gasteiger partial charge in [0.2, 0.25) is 0 Å². The number of rotatable bonds is 2. The minimum atomic E-state index is 0.299. The molecular weight excluding hydrogens is 232 g/mol. The third-order valence-corrected chi connectivity index (χ3v) is 5.53. The molecule has 1 aromatic rings. The SMILES string of the molecule is CCOc1cc2c3c(c1C)CCC3(C)CCC2(C)C. The van der Waals surface area contributed by atoms with Crippen LogP contribution in [0.4, 0.5) is 0 Å². The van der Waals surface area contributed by atoms with Crippen LogP contribution in [0.15, 0.2) is 6.07 Å². The molecule has 2 aliphatic rings. The van der Waals surface area contributed by atoms with Gasteiger partial charge in [0.25, 0.3) is 0 Å². The van der Waals surface area contributed by atoms with E-state index < -0.39 is 0 Å². The van der Waals surface area contributed by atoms with E-state index in [-0.39, 0.29) is 0 Å². The van der Waals surface area contributed by atoms with Gasteiger partial charge in [-0.3, -0.25) is 0 Å². The van der Waals surface area contributed by atoms with Gasteiger partial charge >= 0.3 is 0 Å². The van der Waals surface area contributed by atoms with Crippen molar-refractivity contribution in [1.29, 1.82) is 0 Å². The Balaban J connectivity index is 2.27. The molecule has 1 atom stereocenters. The maximum atomic E-state index is 5.89. The lowest BCUT2D eigenvalue weighted by atomic mass is 9.63. The van der Waals surface area contributed by atoms with E-state index in [1.165, 1.54) is 31.2 Å². The second kappa shape index (κ2) is 4.01. The molecule has 1 nitrogen and oxygen atoms in total. The lowest BCUT2D eigenvalue weighted by Gasteiger charge is -2.42. The van der Waals surface area contributed by atoms with Crippen LogP contribution in [0.2, 0.25) is 0 Å². The molecular formula is C18H26O. The molecule has 104 valence electrons. The topological polar surface area (TPSA) is 9.23 Å². The average Bonchev–Trinajstić information content (AvgIpc) is 2.70. The predicted octanol–water partition coefficient (Wildman–Crippen LogP) is 4.67. The highest BCUT2D eigenvalue weighted by Gasteiger charge is 2.45. The first-order valence-electron chi connectivity index (χ1n) is 7.69. The second-order valence-electron chi connectivity index (χ2n) is 7.28. The molecule has 0 radical (unpaired) electrons. The van der Waals surface area contributed by atoms with Crippen molar-refractivity contribution in [3.8, 4) is 5.75 Å². The summed E-state index contributed by atoms with van der Waals surface area (Å²) in [4.78, 5) is 0. The van der Waals surface area contributed by atoms with E-state index in [9.17, 15) is 0 Å². The van der Waals surface area contributed by atoms with Crippen molar-refractivity contribution in [2.75, 3.05) is 6.61 Å². The smallest absolute Gasteiger partial charge is 0.122 e. The average molecular weight is 258 g/mol. The van der Waals surface area contributed by atoms with Crippen LogP contribution in [0.5, 0.6) is 5.75 Å². The number of hydrogen-bond donors (Lipinski definition) is 0. The molecule has 2 aliphatic carbocycles. The third kappa shape index (κ3) is 1.74. The molecule has 19 heavy (non-hydrogen) atoms. The van der Waals surface area contributed by atoms with Crippen molar-refractivity contribution in [3.05, 3.63) is 28.3 Å². The lowest BCUT2D eigenvalue weighted by Crippen LogP contribution is -2.34. The molecule has 0 saturated carbocycles. The van der Waals surface area contributed by atoms with Crippen LogP contribution in [0.3, 0.4) is 0 Å². The van der Waals surface area contributed by atoms with Gasteiger partial charge in [-0.15, -0.1) is 0 Å². The van der Waals surface area contributed by atoms with Crippen LogP contribution in [-0.4, -0.2) is 6.61 Å². The van der Waals surface area contributed by atoms with Gasteiger partial charge in [-0.25, -0.2) is 0 Å². The summed E-state index contributed by atoms with van der Waals surface area (Å²) in [5.41, 5.74) is 6.94.